The fourth-order valence-electron chi connectivity index (χ4n) is 6.96. The van der Waals surface area contributed by atoms with E-state index in [2.05, 4.69) is 63.3 Å². The number of H-pyrrole nitrogens is 2. The van der Waals surface area contributed by atoms with Crippen molar-refractivity contribution in [3.63, 3.8) is 0 Å². The Morgan fingerprint density at radius 3 is 1.35 bits per heavy atom. The summed E-state index contributed by atoms with van der Waals surface area (Å²) in [7, 11) is 1.61. The number of rotatable bonds is 19. The highest BCUT2D eigenvalue weighted by Crippen LogP contribution is 2.29. The molecule has 10 aromatic rings. The SMILES string of the molecule is COc1cc(OCc2nn[nH]n2)ccc1COc1cccc(OCc2ccc3ccccc3n2)c1.Cc1cc(OCc2nn[nH]n2)ccc1COc1cccc(OCc2ccc3ccccc3n2)c1. The Morgan fingerprint density at radius 2 is 0.855 bits per heavy atom. The number of aromatic amines is 2. The van der Waals surface area contributed by atoms with Crippen LogP contribution in [0.15, 0.2) is 158 Å². The molecule has 0 bridgehead atoms. The normalized spacial score (nSPS) is 10.8. The third-order valence-electron chi connectivity index (χ3n) is 10.6. The zero-order valence-corrected chi connectivity index (χ0v) is 37.7. The van der Waals surface area contributed by atoms with Crippen molar-refractivity contribution < 1.29 is 33.2 Å². The predicted octanol–water partition coefficient (Wildman–Crippen LogP) is 9.29. The molecule has 346 valence electrons. The molecule has 0 aliphatic rings. The van der Waals surface area contributed by atoms with Crippen molar-refractivity contribution in [2.45, 2.75) is 46.6 Å². The molecular formula is C52H46N10O7. The van der Waals surface area contributed by atoms with Crippen LogP contribution in [0.5, 0.6) is 40.2 Å². The average molecular weight is 923 g/mol. The maximum absolute atomic E-state index is 6.01. The van der Waals surface area contributed by atoms with E-state index in [4.69, 9.17) is 33.2 Å². The van der Waals surface area contributed by atoms with E-state index in [-0.39, 0.29) is 13.2 Å². The highest BCUT2D eigenvalue weighted by Gasteiger charge is 2.10. The molecule has 2 N–H and O–H groups in total. The minimum atomic E-state index is 0.205. The van der Waals surface area contributed by atoms with Crippen molar-refractivity contribution in [3.05, 3.63) is 197 Å². The molecule has 0 spiro atoms. The Morgan fingerprint density at radius 1 is 0.406 bits per heavy atom. The number of aromatic nitrogens is 10. The van der Waals surface area contributed by atoms with Crippen molar-refractivity contribution in [1.29, 1.82) is 0 Å². The molecule has 0 aliphatic heterocycles. The van der Waals surface area contributed by atoms with Crippen LogP contribution < -0.4 is 33.2 Å². The van der Waals surface area contributed by atoms with Crippen LogP contribution in [-0.2, 0) is 39.6 Å². The first-order valence-corrected chi connectivity index (χ1v) is 21.9. The van der Waals surface area contributed by atoms with Gasteiger partial charge in [0.05, 0.1) is 29.5 Å². The number of hydrogen-bond donors (Lipinski definition) is 2. The third-order valence-corrected chi connectivity index (χ3v) is 10.6. The quantitative estimate of drug-likeness (QED) is 0.0777. The van der Waals surface area contributed by atoms with E-state index in [0.717, 1.165) is 67.1 Å². The van der Waals surface area contributed by atoms with Crippen LogP contribution in [0.4, 0.5) is 0 Å². The number of ether oxygens (including phenoxy) is 7. The van der Waals surface area contributed by atoms with Crippen LogP contribution in [0.1, 0.15) is 39.7 Å². The van der Waals surface area contributed by atoms with E-state index in [1.165, 1.54) is 0 Å². The molecule has 0 aliphatic carbocycles. The standard InChI is InChI=1S/C26H23N5O4.C26H23N5O3/c1-32-25-14-23(35-17-26-28-30-31-29-26)12-10-19(25)15-33-21-6-4-7-22(13-21)34-16-20-11-9-18-5-2-3-8-24(18)27-20;1-18-13-24(34-17-26-28-30-31-29-26)12-10-20(18)15-32-22-6-4-7-23(14-22)33-16-21-11-9-19-5-2-3-8-25(19)27-21/h2-14H,15-17H2,1H3,(H,28,29,30,31);2-14H,15-17H2,1H3,(H,28,29,30,31). The zero-order chi connectivity index (χ0) is 47.0. The van der Waals surface area contributed by atoms with E-state index in [9.17, 15) is 0 Å². The van der Waals surface area contributed by atoms with Gasteiger partial charge in [-0.1, -0.05) is 77.2 Å². The molecule has 6 aromatic carbocycles. The molecule has 0 saturated heterocycles. The predicted molar refractivity (Wildman–Crippen MR) is 255 cm³/mol. The van der Waals surface area contributed by atoms with E-state index in [1.54, 1.807) is 13.2 Å². The van der Waals surface area contributed by atoms with Gasteiger partial charge < -0.3 is 33.2 Å². The summed E-state index contributed by atoms with van der Waals surface area (Å²) in [4.78, 5) is 9.31. The van der Waals surface area contributed by atoms with Crippen molar-refractivity contribution >= 4 is 21.8 Å². The fraction of sp³-hybridized carbons (Fsp3) is 0.154. The van der Waals surface area contributed by atoms with Gasteiger partial charge in [-0.2, -0.15) is 10.4 Å². The van der Waals surface area contributed by atoms with E-state index in [1.807, 2.05) is 146 Å². The summed E-state index contributed by atoms with van der Waals surface area (Å²) in [5.41, 5.74) is 6.67. The van der Waals surface area contributed by atoms with Crippen LogP contribution in [0.3, 0.4) is 0 Å². The van der Waals surface area contributed by atoms with Crippen molar-refractivity contribution in [3.8, 4) is 40.2 Å². The number of benzene rings is 6. The summed E-state index contributed by atoms with van der Waals surface area (Å²) >= 11 is 0. The molecule has 10 rings (SSSR count). The minimum absolute atomic E-state index is 0.205. The maximum Gasteiger partial charge on any atom is 0.211 e. The topological polar surface area (TPSA) is 199 Å². The number of hydrogen-bond acceptors (Lipinski definition) is 15. The largest absolute Gasteiger partial charge is 0.496 e. The summed E-state index contributed by atoms with van der Waals surface area (Å²) in [6.45, 7) is 4.00. The second-order valence-corrected chi connectivity index (χ2v) is 15.4. The lowest BCUT2D eigenvalue weighted by Crippen LogP contribution is -2.02. The van der Waals surface area contributed by atoms with Crippen molar-refractivity contribution in [2.75, 3.05) is 7.11 Å². The zero-order valence-electron chi connectivity index (χ0n) is 37.7. The van der Waals surface area contributed by atoms with Gasteiger partial charge in [-0.3, -0.25) is 0 Å². The summed E-state index contributed by atoms with van der Waals surface area (Å²) in [5.74, 6) is 5.86. The van der Waals surface area contributed by atoms with Gasteiger partial charge >= 0.3 is 0 Å². The fourth-order valence-corrected chi connectivity index (χ4v) is 6.96. The monoisotopic (exact) mass is 922 g/mol. The number of nitrogens with zero attached hydrogens (tertiary/aromatic N) is 8. The molecule has 0 saturated carbocycles. The number of fused-ring (bicyclic) bond motifs is 2. The number of tetrazole rings is 2. The summed E-state index contributed by atoms with van der Waals surface area (Å²) < 4.78 is 40.8. The highest BCUT2D eigenvalue weighted by atomic mass is 16.5. The summed E-state index contributed by atoms with van der Waals surface area (Å²) in [6, 6.07) is 50.7. The maximum atomic E-state index is 6.01. The van der Waals surface area contributed by atoms with Gasteiger partial charge in [0.2, 0.25) is 11.6 Å². The second-order valence-electron chi connectivity index (χ2n) is 15.4. The Balaban J connectivity index is 0.000000172. The average Bonchev–Trinajstić information content (AvgIpc) is 4.14. The van der Waals surface area contributed by atoms with Gasteiger partial charge in [0.15, 0.2) is 13.2 Å². The molecule has 0 fully saturated rings. The Hall–Kier alpha value is -9.12. The number of nitrogens with one attached hydrogen (secondary N) is 2. The highest BCUT2D eigenvalue weighted by molar-refractivity contribution is 5.79. The molecule has 0 radical (unpaired) electrons. The Kier molecular flexibility index (Phi) is 14.6. The number of aryl methyl sites for hydroxylation is 1. The molecule has 0 unspecified atom stereocenters. The summed E-state index contributed by atoms with van der Waals surface area (Å²) in [6.07, 6.45) is 0. The van der Waals surface area contributed by atoms with Crippen LogP contribution >= 0.6 is 0 Å². The number of para-hydroxylation sites is 2. The van der Waals surface area contributed by atoms with Crippen molar-refractivity contribution in [1.82, 2.24) is 51.2 Å². The van der Waals surface area contributed by atoms with E-state index < -0.39 is 0 Å². The smallest absolute Gasteiger partial charge is 0.211 e. The molecule has 17 nitrogen and oxygen atoms in total. The number of pyridine rings is 2. The Labute approximate surface area is 396 Å². The number of methoxy groups -OCH3 is 1. The molecule has 4 aromatic heterocycles. The molecule has 17 heteroatoms. The first kappa shape index (κ1) is 45.1. The second kappa shape index (κ2) is 22.4. The van der Waals surface area contributed by atoms with Gasteiger partial charge in [0, 0.05) is 34.5 Å². The van der Waals surface area contributed by atoms with Gasteiger partial charge in [0.25, 0.3) is 0 Å². The lowest BCUT2D eigenvalue weighted by atomic mass is 10.1. The van der Waals surface area contributed by atoms with Gasteiger partial charge in [-0.05, 0) is 90.8 Å². The van der Waals surface area contributed by atoms with Crippen molar-refractivity contribution in [2.24, 2.45) is 0 Å². The lowest BCUT2D eigenvalue weighted by molar-refractivity contribution is 0.280. The molecule has 0 amide bonds. The summed E-state index contributed by atoms with van der Waals surface area (Å²) in [5, 5.41) is 29.5. The van der Waals surface area contributed by atoms with Gasteiger partial charge in [-0.25, -0.2) is 9.97 Å². The van der Waals surface area contributed by atoms with Crippen LogP contribution in [0, 0.1) is 6.92 Å². The molecule has 4 heterocycles. The van der Waals surface area contributed by atoms with Crippen LogP contribution in [0.25, 0.3) is 21.8 Å². The molecule has 69 heavy (non-hydrogen) atoms. The van der Waals surface area contributed by atoms with Crippen LogP contribution in [0.2, 0.25) is 0 Å². The third kappa shape index (κ3) is 12.6. The molecular weight excluding hydrogens is 877 g/mol. The van der Waals surface area contributed by atoms with Gasteiger partial charge in [0.1, 0.15) is 66.7 Å². The minimum Gasteiger partial charge on any atom is -0.496 e. The first-order valence-electron chi connectivity index (χ1n) is 21.9. The van der Waals surface area contributed by atoms with Crippen LogP contribution in [-0.4, -0.2) is 58.3 Å². The van der Waals surface area contributed by atoms with E-state index >= 15 is 0 Å². The molecule has 0 atom stereocenters. The Bertz CT molecular complexity index is 3230. The lowest BCUT2D eigenvalue weighted by Gasteiger charge is -2.13. The van der Waals surface area contributed by atoms with Gasteiger partial charge in [-0.15, -0.1) is 20.4 Å². The van der Waals surface area contributed by atoms with E-state index in [0.29, 0.717) is 61.1 Å². The first-order chi connectivity index (χ1) is 34.0.